The molecule has 0 N–H and O–H groups in total. The summed E-state index contributed by atoms with van der Waals surface area (Å²) >= 11 is 0. The van der Waals surface area contributed by atoms with Crippen LogP contribution in [0.2, 0.25) is 0 Å². The van der Waals surface area contributed by atoms with Gasteiger partial charge in [-0.15, -0.1) is 0 Å². The SMILES string of the molecule is CC(Oc1ncccn1)C(F)(F)F. The highest BCUT2D eigenvalue weighted by Crippen LogP contribution is 2.22. The van der Waals surface area contributed by atoms with Gasteiger partial charge in [-0.1, -0.05) is 0 Å². The van der Waals surface area contributed by atoms with Crippen molar-refractivity contribution in [2.24, 2.45) is 0 Å². The maximum absolute atomic E-state index is 12.0. The lowest BCUT2D eigenvalue weighted by Gasteiger charge is -2.15. The van der Waals surface area contributed by atoms with Crippen LogP contribution in [0.25, 0.3) is 0 Å². The first-order chi connectivity index (χ1) is 6.00. The van der Waals surface area contributed by atoms with Gasteiger partial charge in [0.1, 0.15) is 0 Å². The first kappa shape index (κ1) is 9.76. The van der Waals surface area contributed by atoms with Crippen LogP contribution >= 0.6 is 0 Å². The lowest BCUT2D eigenvalue weighted by molar-refractivity contribution is -0.190. The van der Waals surface area contributed by atoms with Gasteiger partial charge in [0, 0.05) is 12.4 Å². The number of alkyl halides is 3. The molecule has 1 aromatic rings. The van der Waals surface area contributed by atoms with Crippen LogP contribution in [0.4, 0.5) is 13.2 Å². The molecule has 0 radical (unpaired) electrons. The van der Waals surface area contributed by atoms with Crippen molar-refractivity contribution in [3.05, 3.63) is 18.5 Å². The monoisotopic (exact) mass is 192 g/mol. The van der Waals surface area contributed by atoms with Crippen molar-refractivity contribution in [1.29, 1.82) is 0 Å². The summed E-state index contributed by atoms with van der Waals surface area (Å²) in [5.41, 5.74) is 0. The standard InChI is InChI=1S/C7H7F3N2O/c1-5(7(8,9)10)13-6-11-3-2-4-12-6/h2-5H,1H3. The van der Waals surface area contributed by atoms with Crippen molar-refractivity contribution in [3.63, 3.8) is 0 Å². The highest BCUT2D eigenvalue weighted by molar-refractivity contribution is 4.94. The van der Waals surface area contributed by atoms with E-state index in [1.165, 1.54) is 18.5 Å². The Bertz CT molecular complexity index is 262. The molecule has 1 heterocycles. The minimum absolute atomic E-state index is 0.271. The van der Waals surface area contributed by atoms with E-state index in [0.29, 0.717) is 0 Å². The third-order valence-corrected chi connectivity index (χ3v) is 1.29. The molecule has 1 unspecified atom stereocenters. The summed E-state index contributed by atoms with van der Waals surface area (Å²) < 4.78 is 40.3. The Kier molecular flexibility index (Phi) is 2.69. The van der Waals surface area contributed by atoms with Crippen molar-refractivity contribution in [1.82, 2.24) is 9.97 Å². The van der Waals surface area contributed by atoms with Gasteiger partial charge in [0.2, 0.25) is 0 Å². The van der Waals surface area contributed by atoms with Gasteiger partial charge in [0.25, 0.3) is 0 Å². The highest BCUT2D eigenvalue weighted by atomic mass is 19.4. The van der Waals surface area contributed by atoms with Crippen molar-refractivity contribution < 1.29 is 17.9 Å². The Morgan fingerprint density at radius 2 is 1.85 bits per heavy atom. The van der Waals surface area contributed by atoms with Crippen LogP contribution < -0.4 is 4.74 Å². The quantitative estimate of drug-likeness (QED) is 0.716. The van der Waals surface area contributed by atoms with E-state index in [0.717, 1.165) is 6.92 Å². The molecule has 0 bridgehead atoms. The number of ether oxygens (including phenoxy) is 1. The highest BCUT2D eigenvalue weighted by Gasteiger charge is 2.38. The summed E-state index contributed by atoms with van der Waals surface area (Å²) in [7, 11) is 0. The van der Waals surface area contributed by atoms with Gasteiger partial charge >= 0.3 is 12.2 Å². The second-order valence-electron chi connectivity index (χ2n) is 2.33. The molecule has 0 saturated heterocycles. The van der Waals surface area contributed by atoms with E-state index in [1.54, 1.807) is 0 Å². The molecule has 3 nitrogen and oxygen atoms in total. The topological polar surface area (TPSA) is 35.0 Å². The molecular formula is C7H7F3N2O. The summed E-state index contributed by atoms with van der Waals surface area (Å²) in [6, 6.07) is 1.22. The van der Waals surface area contributed by atoms with Crippen molar-refractivity contribution >= 4 is 0 Å². The third kappa shape index (κ3) is 2.89. The van der Waals surface area contributed by atoms with E-state index in [2.05, 4.69) is 14.7 Å². The number of rotatable bonds is 2. The van der Waals surface area contributed by atoms with Crippen molar-refractivity contribution in [2.45, 2.75) is 19.2 Å². The van der Waals surface area contributed by atoms with Crippen LogP contribution in [0.1, 0.15) is 6.92 Å². The summed E-state index contributed by atoms with van der Waals surface area (Å²) in [6.07, 6.45) is -3.66. The summed E-state index contributed by atoms with van der Waals surface area (Å²) in [5, 5.41) is 0. The van der Waals surface area contributed by atoms with Gasteiger partial charge in [-0.05, 0) is 13.0 Å². The van der Waals surface area contributed by atoms with E-state index in [9.17, 15) is 13.2 Å². The van der Waals surface area contributed by atoms with Crippen LogP contribution in [-0.2, 0) is 0 Å². The van der Waals surface area contributed by atoms with Crippen LogP contribution in [0.3, 0.4) is 0 Å². The van der Waals surface area contributed by atoms with Gasteiger partial charge in [0.05, 0.1) is 0 Å². The molecule has 0 spiro atoms. The average molecular weight is 192 g/mol. The molecule has 1 rings (SSSR count). The lowest BCUT2D eigenvalue weighted by atomic mass is 10.4. The second kappa shape index (κ2) is 3.59. The van der Waals surface area contributed by atoms with E-state index in [1.807, 2.05) is 0 Å². The molecule has 0 aliphatic carbocycles. The van der Waals surface area contributed by atoms with Crippen LogP contribution in [-0.4, -0.2) is 22.2 Å². The minimum atomic E-state index is -4.39. The van der Waals surface area contributed by atoms with Gasteiger partial charge in [-0.25, -0.2) is 9.97 Å². The maximum atomic E-state index is 12.0. The fraction of sp³-hybridized carbons (Fsp3) is 0.429. The van der Waals surface area contributed by atoms with Crippen LogP contribution in [0, 0.1) is 0 Å². The van der Waals surface area contributed by atoms with E-state index < -0.39 is 12.3 Å². The normalized spacial score (nSPS) is 13.8. The van der Waals surface area contributed by atoms with E-state index in [-0.39, 0.29) is 6.01 Å². The van der Waals surface area contributed by atoms with Crippen LogP contribution in [0.15, 0.2) is 18.5 Å². The minimum Gasteiger partial charge on any atom is -0.451 e. The molecule has 0 saturated carbocycles. The molecule has 1 atom stereocenters. The molecule has 0 amide bonds. The zero-order valence-corrected chi connectivity index (χ0v) is 6.75. The molecule has 0 aliphatic rings. The van der Waals surface area contributed by atoms with Gasteiger partial charge in [0.15, 0.2) is 6.10 Å². The Hall–Kier alpha value is -1.33. The van der Waals surface area contributed by atoms with Gasteiger partial charge in [-0.3, -0.25) is 0 Å². The van der Waals surface area contributed by atoms with Gasteiger partial charge < -0.3 is 4.74 Å². The summed E-state index contributed by atoms with van der Waals surface area (Å²) in [5.74, 6) is 0. The van der Waals surface area contributed by atoms with Crippen molar-refractivity contribution in [2.75, 3.05) is 0 Å². The van der Waals surface area contributed by atoms with Crippen molar-refractivity contribution in [3.8, 4) is 6.01 Å². The molecule has 13 heavy (non-hydrogen) atoms. The van der Waals surface area contributed by atoms with E-state index >= 15 is 0 Å². The molecule has 0 aromatic carbocycles. The largest absolute Gasteiger partial charge is 0.451 e. The third-order valence-electron chi connectivity index (χ3n) is 1.29. The smallest absolute Gasteiger partial charge is 0.425 e. The van der Waals surface area contributed by atoms with Crippen LogP contribution in [0.5, 0.6) is 6.01 Å². The fourth-order valence-electron chi connectivity index (χ4n) is 0.571. The number of halogens is 3. The van der Waals surface area contributed by atoms with Gasteiger partial charge in [-0.2, -0.15) is 13.2 Å². The first-order valence-electron chi connectivity index (χ1n) is 3.50. The second-order valence-corrected chi connectivity index (χ2v) is 2.33. The maximum Gasteiger partial charge on any atom is 0.425 e. The molecule has 1 aromatic heterocycles. The number of nitrogens with zero attached hydrogens (tertiary/aromatic N) is 2. The number of hydrogen-bond acceptors (Lipinski definition) is 3. The Morgan fingerprint density at radius 1 is 1.31 bits per heavy atom. The average Bonchev–Trinajstić information content (AvgIpc) is 2.04. The lowest BCUT2D eigenvalue weighted by Crippen LogP contribution is -2.31. The zero-order valence-electron chi connectivity index (χ0n) is 6.75. The predicted molar refractivity (Wildman–Crippen MR) is 38.2 cm³/mol. The zero-order chi connectivity index (χ0) is 9.90. The summed E-state index contributed by atoms with van der Waals surface area (Å²) in [6.45, 7) is 0.899. The molecule has 6 heteroatoms. The molecule has 0 fully saturated rings. The molecule has 72 valence electrons. The first-order valence-corrected chi connectivity index (χ1v) is 3.50. The summed E-state index contributed by atoms with van der Waals surface area (Å²) in [4.78, 5) is 7.00. The number of hydrogen-bond donors (Lipinski definition) is 0. The Labute approximate surface area is 72.6 Å². The fourth-order valence-corrected chi connectivity index (χ4v) is 0.571. The predicted octanol–water partition coefficient (Wildman–Crippen LogP) is 1.81. The molecule has 0 aliphatic heterocycles. The number of aromatic nitrogens is 2. The Balaban J connectivity index is 2.61. The van der Waals surface area contributed by atoms with E-state index in [4.69, 9.17) is 0 Å². The Morgan fingerprint density at radius 3 is 2.31 bits per heavy atom. The molecular weight excluding hydrogens is 185 g/mol.